The van der Waals surface area contributed by atoms with E-state index >= 15 is 0 Å². The summed E-state index contributed by atoms with van der Waals surface area (Å²) in [5.74, 6) is 0.0731. The minimum Gasteiger partial charge on any atom is -0.494 e. The molecule has 0 atom stereocenters. The number of halogens is 1. The smallest absolute Gasteiger partial charge is 0.341 e. The van der Waals surface area contributed by atoms with E-state index in [9.17, 15) is 4.79 Å². The number of carbonyl (C=O) groups is 1. The molecule has 2 aromatic rings. The van der Waals surface area contributed by atoms with E-state index in [4.69, 9.17) is 26.2 Å². The second kappa shape index (κ2) is 8.19. The molecule has 23 heavy (non-hydrogen) atoms. The van der Waals surface area contributed by atoms with Crippen LogP contribution < -0.4 is 9.47 Å². The first-order valence-corrected chi connectivity index (χ1v) is 7.37. The molecule has 0 aliphatic heterocycles. The molecular weight excluding hydrogens is 318 g/mol. The van der Waals surface area contributed by atoms with Gasteiger partial charge in [0.1, 0.15) is 11.5 Å². The highest BCUT2D eigenvalue weighted by Crippen LogP contribution is 2.25. The lowest BCUT2D eigenvalue weighted by molar-refractivity contribution is -0.139. The van der Waals surface area contributed by atoms with Gasteiger partial charge in [-0.05, 0) is 55.0 Å². The number of aliphatic carboxylic acids is 1. The average molecular weight is 334 g/mol. The molecule has 2 aromatic carbocycles. The fraction of sp³-hybridized carbons (Fsp3) is 0.176. The third-order valence-corrected chi connectivity index (χ3v) is 3.11. The first kappa shape index (κ1) is 16.8. The van der Waals surface area contributed by atoms with Crippen molar-refractivity contribution in [3.63, 3.8) is 0 Å². The summed E-state index contributed by atoms with van der Waals surface area (Å²) in [6.07, 6.45) is 1.67. The maximum absolute atomic E-state index is 10.5. The van der Waals surface area contributed by atoms with E-state index in [-0.39, 0.29) is 0 Å². The minimum absolute atomic E-state index is 0.326. The number of carboxylic acids is 1. The van der Waals surface area contributed by atoms with Crippen LogP contribution in [0.3, 0.4) is 0 Å². The highest BCUT2D eigenvalue weighted by atomic mass is 35.5. The van der Waals surface area contributed by atoms with Gasteiger partial charge in [-0.1, -0.05) is 11.6 Å². The Hall–Kier alpha value is -2.53. The van der Waals surface area contributed by atoms with Crippen LogP contribution in [0.1, 0.15) is 12.5 Å². The Morgan fingerprint density at radius 3 is 2.57 bits per heavy atom. The molecule has 6 heteroatoms. The summed E-state index contributed by atoms with van der Waals surface area (Å²) in [4.78, 5) is 14.8. The molecule has 0 fully saturated rings. The first-order chi connectivity index (χ1) is 11.1. The fourth-order valence-electron chi connectivity index (χ4n) is 1.80. The van der Waals surface area contributed by atoms with Gasteiger partial charge in [0.15, 0.2) is 6.61 Å². The number of nitrogens with zero attached hydrogens (tertiary/aromatic N) is 1. The van der Waals surface area contributed by atoms with Gasteiger partial charge in [-0.15, -0.1) is 0 Å². The zero-order chi connectivity index (χ0) is 16.7. The van der Waals surface area contributed by atoms with Crippen LogP contribution in [0.15, 0.2) is 47.5 Å². The van der Waals surface area contributed by atoms with Crippen LogP contribution in [0.4, 0.5) is 5.69 Å². The van der Waals surface area contributed by atoms with Gasteiger partial charge >= 0.3 is 5.97 Å². The van der Waals surface area contributed by atoms with E-state index in [1.165, 1.54) is 0 Å². The zero-order valence-electron chi connectivity index (χ0n) is 12.5. The number of aliphatic imine (C=N–C) groups is 1. The molecule has 0 saturated heterocycles. The van der Waals surface area contributed by atoms with E-state index in [0.717, 1.165) is 17.0 Å². The van der Waals surface area contributed by atoms with Gasteiger partial charge in [-0.25, -0.2) is 4.79 Å². The van der Waals surface area contributed by atoms with E-state index in [2.05, 4.69) is 4.99 Å². The number of hydrogen-bond acceptors (Lipinski definition) is 4. The Morgan fingerprint density at radius 2 is 1.96 bits per heavy atom. The van der Waals surface area contributed by atoms with Crippen LogP contribution in [-0.4, -0.2) is 30.5 Å². The minimum atomic E-state index is -1.05. The third kappa shape index (κ3) is 5.30. The van der Waals surface area contributed by atoms with Gasteiger partial charge in [-0.2, -0.15) is 0 Å². The van der Waals surface area contributed by atoms with Gasteiger partial charge in [0, 0.05) is 6.21 Å². The summed E-state index contributed by atoms with van der Waals surface area (Å²) in [6.45, 7) is 2.12. The second-order valence-electron chi connectivity index (χ2n) is 4.56. The van der Waals surface area contributed by atoms with Crippen molar-refractivity contribution >= 4 is 29.5 Å². The van der Waals surface area contributed by atoms with Crippen molar-refractivity contribution in [1.82, 2.24) is 0 Å². The normalized spacial score (nSPS) is 10.7. The predicted molar refractivity (Wildman–Crippen MR) is 89.4 cm³/mol. The van der Waals surface area contributed by atoms with E-state index < -0.39 is 12.6 Å². The molecule has 0 radical (unpaired) electrons. The Kier molecular flexibility index (Phi) is 6.00. The molecule has 0 saturated carbocycles. The van der Waals surface area contributed by atoms with Gasteiger partial charge in [0.05, 0.1) is 17.3 Å². The Morgan fingerprint density at radius 1 is 1.22 bits per heavy atom. The summed E-state index contributed by atoms with van der Waals surface area (Å²) in [7, 11) is 0. The Balaban J connectivity index is 2.04. The highest BCUT2D eigenvalue weighted by molar-refractivity contribution is 6.32. The van der Waals surface area contributed by atoms with Crippen molar-refractivity contribution in [3.8, 4) is 11.5 Å². The largest absolute Gasteiger partial charge is 0.494 e. The van der Waals surface area contributed by atoms with Gasteiger partial charge in [-0.3, -0.25) is 4.99 Å². The molecule has 0 aliphatic rings. The lowest BCUT2D eigenvalue weighted by Gasteiger charge is -2.06. The summed E-state index contributed by atoms with van der Waals surface area (Å²) in [6, 6.07) is 12.4. The second-order valence-corrected chi connectivity index (χ2v) is 4.96. The van der Waals surface area contributed by atoms with E-state index in [1.54, 1.807) is 24.4 Å². The molecule has 0 bridgehead atoms. The van der Waals surface area contributed by atoms with Crippen molar-refractivity contribution in [1.29, 1.82) is 0 Å². The predicted octanol–water partition coefficient (Wildman–Crippen LogP) is 3.95. The van der Waals surface area contributed by atoms with Crippen LogP contribution in [0.25, 0.3) is 0 Å². The maximum atomic E-state index is 10.5. The molecule has 0 aliphatic carbocycles. The molecular formula is C17H16ClNO4. The lowest BCUT2D eigenvalue weighted by Crippen LogP contribution is -2.09. The number of hydrogen-bond donors (Lipinski definition) is 1. The van der Waals surface area contributed by atoms with Crippen molar-refractivity contribution in [2.45, 2.75) is 6.92 Å². The van der Waals surface area contributed by atoms with Crippen molar-refractivity contribution in [3.05, 3.63) is 53.1 Å². The number of rotatable bonds is 7. The maximum Gasteiger partial charge on any atom is 0.341 e. The van der Waals surface area contributed by atoms with Crippen molar-refractivity contribution in [2.75, 3.05) is 13.2 Å². The van der Waals surface area contributed by atoms with Crippen LogP contribution >= 0.6 is 11.6 Å². The molecule has 0 aromatic heterocycles. The quantitative estimate of drug-likeness (QED) is 0.779. The van der Waals surface area contributed by atoms with Crippen LogP contribution in [0, 0.1) is 0 Å². The molecule has 0 amide bonds. The zero-order valence-corrected chi connectivity index (χ0v) is 13.3. The van der Waals surface area contributed by atoms with Gasteiger partial charge < -0.3 is 14.6 Å². The Bertz CT molecular complexity index is 698. The first-order valence-electron chi connectivity index (χ1n) is 6.99. The number of carboxylic acid groups (broad SMARTS) is 1. The molecule has 2 rings (SSSR count). The van der Waals surface area contributed by atoms with Crippen molar-refractivity contribution in [2.24, 2.45) is 4.99 Å². The van der Waals surface area contributed by atoms with E-state index in [0.29, 0.717) is 17.4 Å². The summed E-state index contributed by atoms with van der Waals surface area (Å²) < 4.78 is 10.4. The topological polar surface area (TPSA) is 68.1 Å². The fourth-order valence-corrected chi connectivity index (χ4v) is 2.04. The van der Waals surface area contributed by atoms with Crippen LogP contribution in [0.2, 0.25) is 5.02 Å². The van der Waals surface area contributed by atoms with Gasteiger partial charge in [0.2, 0.25) is 0 Å². The summed E-state index contributed by atoms with van der Waals surface area (Å²) in [5, 5.41) is 8.92. The molecule has 120 valence electrons. The monoisotopic (exact) mass is 333 g/mol. The third-order valence-electron chi connectivity index (χ3n) is 2.82. The van der Waals surface area contributed by atoms with Crippen LogP contribution in [0.5, 0.6) is 11.5 Å². The standard InChI is InChI=1S/C17H16ClNO4/c1-2-22-14-6-4-13(5-7-14)19-10-12-3-8-16(15(18)9-12)23-11-17(20)21/h3-10H,2,11H2,1H3,(H,20,21). The Labute approximate surface area is 139 Å². The molecule has 5 nitrogen and oxygen atoms in total. The summed E-state index contributed by atoms with van der Waals surface area (Å²) in [5.41, 5.74) is 1.57. The average Bonchev–Trinajstić information content (AvgIpc) is 2.53. The van der Waals surface area contributed by atoms with Gasteiger partial charge in [0.25, 0.3) is 0 Å². The molecule has 0 heterocycles. The molecule has 0 spiro atoms. The molecule has 1 N–H and O–H groups in total. The lowest BCUT2D eigenvalue weighted by atomic mass is 10.2. The van der Waals surface area contributed by atoms with E-state index in [1.807, 2.05) is 31.2 Å². The number of ether oxygens (including phenoxy) is 2. The summed E-state index contributed by atoms with van der Waals surface area (Å²) >= 11 is 6.05. The number of benzene rings is 2. The van der Waals surface area contributed by atoms with Crippen LogP contribution in [-0.2, 0) is 4.79 Å². The SMILES string of the molecule is CCOc1ccc(N=Cc2ccc(OCC(=O)O)c(Cl)c2)cc1. The molecule has 0 unspecified atom stereocenters. The highest BCUT2D eigenvalue weighted by Gasteiger charge is 2.04. The van der Waals surface area contributed by atoms with Crippen molar-refractivity contribution < 1.29 is 19.4 Å².